The van der Waals surface area contributed by atoms with Crippen molar-refractivity contribution in [2.24, 2.45) is 0 Å². The van der Waals surface area contributed by atoms with E-state index < -0.39 is 5.91 Å². The van der Waals surface area contributed by atoms with Gasteiger partial charge in [-0.2, -0.15) is 0 Å². The number of nitrogens with one attached hydrogen (secondary N) is 1. The van der Waals surface area contributed by atoms with Gasteiger partial charge in [0.2, 0.25) is 6.79 Å². The number of nitrogens with zero attached hydrogens (tertiary/aromatic N) is 1. The predicted molar refractivity (Wildman–Crippen MR) is 92.5 cm³/mol. The summed E-state index contributed by atoms with van der Waals surface area (Å²) in [5.74, 6) is 1.22. The molecular formula is C17H10Cl2N2O4. The topological polar surface area (TPSA) is 73.6 Å². The Kier molecular flexibility index (Phi) is 3.99. The molecule has 0 spiro atoms. The van der Waals surface area contributed by atoms with Gasteiger partial charge in [0.25, 0.3) is 5.91 Å². The molecule has 0 saturated heterocycles. The van der Waals surface area contributed by atoms with Crippen LogP contribution in [0.5, 0.6) is 11.5 Å². The van der Waals surface area contributed by atoms with Crippen LogP contribution in [-0.4, -0.2) is 17.9 Å². The Morgan fingerprint density at radius 3 is 2.68 bits per heavy atom. The van der Waals surface area contributed by atoms with E-state index in [4.69, 9.17) is 37.2 Å². The lowest BCUT2D eigenvalue weighted by molar-refractivity contribution is 0.101. The number of amides is 1. The van der Waals surface area contributed by atoms with Crippen LogP contribution in [-0.2, 0) is 0 Å². The largest absolute Gasteiger partial charge is 0.454 e. The molecule has 1 N–H and O–H groups in total. The summed E-state index contributed by atoms with van der Waals surface area (Å²) in [6.07, 6.45) is 0. The zero-order chi connectivity index (χ0) is 17.4. The van der Waals surface area contributed by atoms with Crippen LogP contribution in [0.1, 0.15) is 10.5 Å². The molecule has 0 atom stereocenters. The van der Waals surface area contributed by atoms with Gasteiger partial charge >= 0.3 is 0 Å². The number of hydrogen-bond donors (Lipinski definition) is 1. The second kappa shape index (κ2) is 6.31. The van der Waals surface area contributed by atoms with E-state index in [1.807, 2.05) is 0 Å². The molecule has 6 nitrogen and oxygen atoms in total. The van der Waals surface area contributed by atoms with Gasteiger partial charge in [-0.3, -0.25) is 4.79 Å². The van der Waals surface area contributed by atoms with E-state index in [0.717, 1.165) is 0 Å². The van der Waals surface area contributed by atoms with Gasteiger partial charge < -0.3 is 19.3 Å². The number of rotatable bonds is 3. The molecule has 8 heteroatoms. The quantitative estimate of drug-likeness (QED) is 0.721. The minimum atomic E-state index is -0.408. The fourth-order valence-corrected chi connectivity index (χ4v) is 2.64. The number of benzene rings is 2. The summed E-state index contributed by atoms with van der Waals surface area (Å²) in [5.41, 5.74) is 1.37. The van der Waals surface area contributed by atoms with Gasteiger partial charge in [-0.15, -0.1) is 0 Å². The number of aromatic nitrogens is 1. The van der Waals surface area contributed by atoms with Crippen LogP contribution in [0.25, 0.3) is 11.3 Å². The summed E-state index contributed by atoms with van der Waals surface area (Å²) in [5, 5.41) is 7.35. The molecule has 4 rings (SSSR count). The number of ether oxygens (including phenoxy) is 2. The molecule has 2 aromatic carbocycles. The Morgan fingerprint density at radius 2 is 1.84 bits per heavy atom. The first kappa shape index (κ1) is 15.8. The van der Waals surface area contributed by atoms with Crippen LogP contribution >= 0.6 is 23.2 Å². The number of halogens is 2. The van der Waals surface area contributed by atoms with Gasteiger partial charge in [0.15, 0.2) is 23.0 Å². The third kappa shape index (κ3) is 3.14. The van der Waals surface area contributed by atoms with Crippen LogP contribution in [0.3, 0.4) is 0 Å². The fourth-order valence-electron chi connectivity index (χ4n) is 2.34. The first-order chi connectivity index (χ1) is 12.1. The SMILES string of the molecule is O=C(Nc1ccc2c(c1)OCO2)c1cc(-c2ccc(Cl)c(Cl)c2)on1. The summed E-state index contributed by atoms with van der Waals surface area (Å²) in [4.78, 5) is 12.3. The summed E-state index contributed by atoms with van der Waals surface area (Å²) >= 11 is 11.9. The lowest BCUT2D eigenvalue weighted by Crippen LogP contribution is -2.12. The molecule has 0 unspecified atom stereocenters. The number of hydrogen-bond acceptors (Lipinski definition) is 5. The van der Waals surface area contributed by atoms with Crippen molar-refractivity contribution in [3.05, 3.63) is 58.2 Å². The van der Waals surface area contributed by atoms with Crippen molar-refractivity contribution in [3.8, 4) is 22.8 Å². The van der Waals surface area contributed by atoms with Gasteiger partial charge in [-0.25, -0.2) is 0 Å². The second-order valence-corrected chi connectivity index (χ2v) is 6.04. The minimum Gasteiger partial charge on any atom is -0.454 e. The first-order valence-electron chi connectivity index (χ1n) is 7.23. The van der Waals surface area contributed by atoms with Gasteiger partial charge in [-0.1, -0.05) is 28.4 Å². The van der Waals surface area contributed by atoms with E-state index in [-0.39, 0.29) is 12.5 Å². The predicted octanol–water partition coefficient (Wildman–Crippen LogP) is 4.63. The summed E-state index contributed by atoms with van der Waals surface area (Å²) < 4.78 is 15.7. The highest BCUT2D eigenvalue weighted by molar-refractivity contribution is 6.42. The summed E-state index contributed by atoms with van der Waals surface area (Å²) in [6, 6.07) is 11.7. The lowest BCUT2D eigenvalue weighted by Gasteiger charge is -2.03. The zero-order valence-electron chi connectivity index (χ0n) is 12.6. The highest BCUT2D eigenvalue weighted by atomic mass is 35.5. The number of carbonyl (C=O) groups excluding carboxylic acids is 1. The molecule has 1 aliphatic heterocycles. The lowest BCUT2D eigenvalue weighted by atomic mass is 10.1. The molecule has 0 radical (unpaired) electrons. The molecule has 3 aromatic rings. The smallest absolute Gasteiger partial charge is 0.277 e. The number of fused-ring (bicyclic) bond motifs is 1. The Balaban J connectivity index is 1.53. The van der Waals surface area contributed by atoms with Crippen LogP contribution in [0.2, 0.25) is 10.0 Å². The molecule has 2 heterocycles. The van der Waals surface area contributed by atoms with Crippen LogP contribution in [0.15, 0.2) is 47.0 Å². The number of anilines is 1. The van der Waals surface area contributed by atoms with Crippen molar-refractivity contribution in [1.29, 1.82) is 0 Å². The average Bonchev–Trinajstić information content (AvgIpc) is 3.26. The van der Waals surface area contributed by atoms with E-state index in [9.17, 15) is 4.79 Å². The van der Waals surface area contributed by atoms with Crippen LogP contribution in [0, 0.1) is 0 Å². The monoisotopic (exact) mass is 376 g/mol. The van der Waals surface area contributed by atoms with Gasteiger partial charge in [-0.05, 0) is 30.3 Å². The molecule has 0 bridgehead atoms. The standard InChI is InChI=1S/C17H10Cl2N2O4/c18-11-3-1-9(5-12(11)19)15-7-13(21-25-15)17(22)20-10-2-4-14-16(6-10)24-8-23-14/h1-7H,8H2,(H,20,22). The highest BCUT2D eigenvalue weighted by Crippen LogP contribution is 2.34. The van der Waals surface area contributed by atoms with E-state index in [1.54, 1.807) is 36.4 Å². The van der Waals surface area contributed by atoms with Crippen molar-refractivity contribution in [1.82, 2.24) is 5.16 Å². The number of carbonyl (C=O) groups is 1. The fraction of sp³-hybridized carbons (Fsp3) is 0.0588. The third-order valence-corrected chi connectivity index (χ3v) is 4.32. The maximum Gasteiger partial charge on any atom is 0.277 e. The molecule has 0 saturated carbocycles. The van der Waals surface area contributed by atoms with Crippen molar-refractivity contribution >= 4 is 34.8 Å². The van der Waals surface area contributed by atoms with Gasteiger partial charge in [0.05, 0.1) is 10.0 Å². The average molecular weight is 377 g/mol. The van der Waals surface area contributed by atoms with Gasteiger partial charge in [0.1, 0.15) is 0 Å². The Bertz CT molecular complexity index is 971. The second-order valence-electron chi connectivity index (χ2n) is 5.23. The Morgan fingerprint density at radius 1 is 1.00 bits per heavy atom. The third-order valence-electron chi connectivity index (χ3n) is 3.58. The Hall–Kier alpha value is -2.70. The van der Waals surface area contributed by atoms with Crippen molar-refractivity contribution in [3.63, 3.8) is 0 Å². The van der Waals surface area contributed by atoms with E-state index in [2.05, 4.69) is 10.5 Å². The molecule has 0 fully saturated rings. The maximum absolute atomic E-state index is 12.3. The molecule has 0 aliphatic carbocycles. The molecule has 126 valence electrons. The maximum atomic E-state index is 12.3. The van der Waals surface area contributed by atoms with Crippen molar-refractivity contribution in [2.45, 2.75) is 0 Å². The van der Waals surface area contributed by atoms with Crippen molar-refractivity contribution < 1.29 is 18.8 Å². The first-order valence-corrected chi connectivity index (χ1v) is 7.99. The molecule has 25 heavy (non-hydrogen) atoms. The minimum absolute atomic E-state index is 0.138. The van der Waals surface area contributed by atoms with Gasteiger partial charge in [0, 0.05) is 23.4 Å². The van der Waals surface area contributed by atoms with E-state index in [1.165, 1.54) is 6.07 Å². The summed E-state index contributed by atoms with van der Waals surface area (Å²) in [6.45, 7) is 0.170. The molecule has 1 amide bonds. The normalized spacial score (nSPS) is 12.2. The van der Waals surface area contributed by atoms with Crippen molar-refractivity contribution in [2.75, 3.05) is 12.1 Å². The molecule has 1 aromatic heterocycles. The summed E-state index contributed by atoms with van der Waals surface area (Å²) in [7, 11) is 0. The van der Waals surface area contributed by atoms with E-state index in [0.29, 0.717) is 38.6 Å². The van der Waals surface area contributed by atoms with Crippen LogP contribution in [0.4, 0.5) is 5.69 Å². The molecular weight excluding hydrogens is 367 g/mol. The zero-order valence-corrected chi connectivity index (χ0v) is 14.1. The Labute approximate surface area is 152 Å². The van der Waals surface area contributed by atoms with Crippen LogP contribution < -0.4 is 14.8 Å². The molecule has 1 aliphatic rings. The highest BCUT2D eigenvalue weighted by Gasteiger charge is 2.17. The van der Waals surface area contributed by atoms with E-state index >= 15 is 0 Å².